The second-order valence-electron chi connectivity index (χ2n) is 9.63. The first-order valence-electron chi connectivity index (χ1n) is 11.4. The van der Waals surface area contributed by atoms with E-state index in [1.165, 1.54) is 17.0 Å². The van der Waals surface area contributed by atoms with E-state index in [9.17, 15) is 22.4 Å². The molecule has 36 heavy (non-hydrogen) atoms. The number of carbonyl (C=O) groups excluding carboxylic acids is 2. The standard InChI is InChI=1S/C25H30ClFN2O6S/c1-16-6-5-7-17(10-16)18-11-20(23(27)21(26)12-18)22(30)13-28-36(32,33)15-19-14-29(8-9-34-19)24(31)35-25(2,3)4/h5-7,10-12,19,28H,8-9,13-15H2,1-4H3. The number of hydrogen-bond acceptors (Lipinski definition) is 6. The lowest BCUT2D eigenvalue weighted by molar-refractivity contribution is -0.0343. The fourth-order valence-corrected chi connectivity index (χ4v) is 5.05. The van der Waals surface area contributed by atoms with Gasteiger partial charge in [0.1, 0.15) is 5.60 Å². The number of ether oxygens (including phenoxy) is 2. The van der Waals surface area contributed by atoms with Gasteiger partial charge in [0.2, 0.25) is 10.0 Å². The average Bonchev–Trinajstić information content (AvgIpc) is 2.78. The van der Waals surface area contributed by atoms with Crippen LogP contribution in [0.1, 0.15) is 36.7 Å². The van der Waals surface area contributed by atoms with Crippen LogP contribution in [0.3, 0.4) is 0 Å². The predicted octanol–water partition coefficient (Wildman–Crippen LogP) is 4.19. The average molecular weight is 541 g/mol. The Hall–Kier alpha value is -2.53. The van der Waals surface area contributed by atoms with Crippen LogP contribution in [0.5, 0.6) is 0 Å². The summed E-state index contributed by atoms with van der Waals surface area (Å²) < 4.78 is 52.9. The number of ketones is 1. The van der Waals surface area contributed by atoms with Crippen molar-refractivity contribution in [2.75, 3.05) is 32.0 Å². The van der Waals surface area contributed by atoms with Gasteiger partial charge in [-0.25, -0.2) is 22.3 Å². The lowest BCUT2D eigenvalue weighted by Gasteiger charge is -2.34. The monoisotopic (exact) mass is 540 g/mol. The van der Waals surface area contributed by atoms with Gasteiger partial charge in [-0.05, 0) is 51.0 Å². The number of hydrogen-bond donors (Lipinski definition) is 1. The highest BCUT2D eigenvalue weighted by Crippen LogP contribution is 2.28. The molecule has 3 rings (SSSR count). The van der Waals surface area contributed by atoms with E-state index in [-0.39, 0.29) is 30.3 Å². The third-order valence-corrected chi connectivity index (χ3v) is 7.00. The SMILES string of the molecule is Cc1cccc(-c2cc(Cl)c(F)c(C(=O)CNS(=O)(=O)CC3CN(C(=O)OC(C)(C)C)CCO3)c2)c1. The summed E-state index contributed by atoms with van der Waals surface area (Å²) in [5, 5.41) is -0.238. The summed E-state index contributed by atoms with van der Waals surface area (Å²) in [6, 6.07) is 10.2. The van der Waals surface area contributed by atoms with Gasteiger partial charge in [-0.2, -0.15) is 0 Å². The quantitative estimate of drug-likeness (QED) is 0.528. The van der Waals surface area contributed by atoms with Crippen LogP contribution in [0.4, 0.5) is 9.18 Å². The van der Waals surface area contributed by atoms with E-state index in [2.05, 4.69) is 4.72 Å². The molecule has 1 atom stereocenters. The van der Waals surface area contributed by atoms with E-state index in [0.717, 1.165) is 11.1 Å². The van der Waals surface area contributed by atoms with Crippen LogP contribution in [0.15, 0.2) is 36.4 Å². The van der Waals surface area contributed by atoms with E-state index in [1.807, 2.05) is 25.1 Å². The van der Waals surface area contributed by atoms with Gasteiger partial charge in [0.05, 0.1) is 42.1 Å². The Balaban J connectivity index is 1.65. The fourth-order valence-electron chi connectivity index (χ4n) is 3.67. The van der Waals surface area contributed by atoms with Gasteiger partial charge in [0.15, 0.2) is 11.6 Å². The van der Waals surface area contributed by atoms with Crippen LogP contribution >= 0.6 is 11.6 Å². The maximum atomic E-state index is 14.7. The van der Waals surface area contributed by atoms with Crippen molar-refractivity contribution < 1.29 is 31.9 Å². The Kier molecular flexibility index (Phi) is 8.76. The molecule has 2 aromatic carbocycles. The summed E-state index contributed by atoms with van der Waals surface area (Å²) in [7, 11) is -3.99. The minimum absolute atomic E-state index is 0.0204. The smallest absolute Gasteiger partial charge is 0.410 e. The Morgan fingerprint density at radius 3 is 2.61 bits per heavy atom. The topological polar surface area (TPSA) is 102 Å². The first-order chi connectivity index (χ1) is 16.7. The molecule has 0 aromatic heterocycles. The van der Waals surface area contributed by atoms with Crippen LogP contribution in [-0.4, -0.2) is 68.9 Å². The summed E-state index contributed by atoms with van der Waals surface area (Å²) in [5.41, 5.74) is 1.26. The van der Waals surface area contributed by atoms with Gasteiger partial charge in [0.25, 0.3) is 0 Å². The number of nitrogens with one attached hydrogen (secondary N) is 1. The van der Waals surface area contributed by atoms with E-state index in [1.54, 1.807) is 26.8 Å². The molecule has 1 aliphatic heterocycles. The molecule has 1 N–H and O–H groups in total. The zero-order valence-corrected chi connectivity index (χ0v) is 22.2. The summed E-state index contributed by atoms with van der Waals surface area (Å²) in [4.78, 5) is 26.4. The molecule has 2 aromatic rings. The maximum Gasteiger partial charge on any atom is 0.410 e. The van der Waals surface area contributed by atoms with Crippen molar-refractivity contribution in [2.24, 2.45) is 0 Å². The predicted molar refractivity (Wildman–Crippen MR) is 135 cm³/mol. The van der Waals surface area contributed by atoms with Crippen molar-refractivity contribution in [3.8, 4) is 11.1 Å². The Morgan fingerprint density at radius 2 is 1.94 bits per heavy atom. The number of halogens is 2. The summed E-state index contributed by atoms with van der Waals surface area (Å²) >= 11 is 6.03. The number of amides is 1. The highest BCUT2D eigenvalue weighted by atomic mass is 35.5. The summed E-state index contributed by atoms with van der Waals surface area (Å²) in [5.74, 6) is -2.17. The summed E-state index contributed by atoms with van der Waals surface area (Å²) in [6.45, 7) is 6.89. The molecule has 196 valence electrons. The number of Topliss-reactive ketones (excluding diaryl/α,β-unsaturated/α-hetero) is 1. The molecule has 1 fully saturated rings. The fraction of sp³-hybridized carbons (Fsp3) is 0.440. The third kappa shape index (κ3) is 7.73. The number of aryl methyl sites for hydroxylation is 1. The first-order valence-corrected chi connectivity index (χ1v) is 13.4. The molecule has 1 aliphatic rings. The molecule has 11 heteroatoms. The van der Waals surface area contributed by atoms with Crippen molar-refractivity contribution in [3.05, 3.63) is 58.4 Å². The molecule has 0 aliphatic carbocycles. The highest BCUT2D eigenvalue weighted by molar-refractivity contribution is 7.89. The number of carbonyl (C=O) groups is 2. The highest BCUT2D eigenvalue weighted by Gasteiger charge is 2.31. The molecule has 1 unspecified atom stereocenters. The second kappa shape index (κ2) is 11.2. The van der Waals surface area contributed by atoms with Gasteiger partial charge in [-0.3, -0.25) is 4.79 Å². The Morgan fingerprint density at radius 1 is 1.22 bits per heavy atom. The van der Waals surface area contributed by atoms with Crippen LogP contribution in [0.25, 0.3) is 11.1 Å². The van der Waals surface area contributed by atoms with Crippen molar-refractivity contribution in [3.63, 3.8) is 0 Å². The molecule has 1 amide bonds. The second-order valence-corrected chi connectivity index (χ2v) is 11.9. The number of morpholine rings is 1. The van der Waals surface area contributed by atoms with Crippen LogP contribution < -0.4 is 4.72 Å². The Labute approximate surface area is 215 Å². The van der Waals surface area contributed by atoms with Gasteiger partial charge >= 0.3 is 6.09 Å². The van der Waals surface area contributed by atoms with E-state index < -0.39 is 51.7 Å². The molecule has 0 saturated carbocycles. The number of benzene rings is 2. The van der Waals surface area contributed by atoms with Crippen LogP contribution in [0, 0.1) is 12.7 Å². The molecule has 1 heterocycles. The molecular weight excluding hydrogens is 511 g/mol. The van der Waals surface area contributed by atoms with Crippen LogP contribution in [-0.2, 0) is 19.5 Å². The van der Waals surface area contributed by atoms with Gasteiger partial charge in [-0.1, -0.05) is 41.4 Å². The van der Waals surface area contributed by atoms with Crippen LogP contribution in [0.2, 0.25) is 5.02 Å². The number of sulfonamides is 1. The normalized spacial score (nSPS) is 16.6. The Bertz CT molecular complexity index is 1250. The molecule has 0 radical (unpaired) electrons. The zero-order chi connectivity index (χ0) is 26.7. The van der Waals surface area contributed by atoms with E-state index in [4.69, 9.17) is 21.1 Å². The minimum atomic E-state index is -3.99. The van der Waals surface area contributed by atoms with Crippen molar-refractivity contribution >= 4 is 33.5 Å². The zero-order valence-electron chi connectivity index (χ0n) is 20.6. The maximum absolute atomic E-state index is 14.7. The van der Waals surface area contributed by atoms with Crippen molar-refractivity contribution in [1.29, 1.82) is 0 Å². The lowest BCUT2D eigenvalue weighted by atomic mass is 9.99. The van der Waals surface area contributed by atoms with E-state index >= 15 is 0 Å². The third-order valence-electron chi connectivity index (χ3n) is 5.33. The van der Waals surface area contributed by atoms with Gasteiger partial charge in [-0.15, -0.1) is 0 Å². The lowest BCUT2D eigenvalue weighted by Crippen LogP contribution is -2.50. The first kappa shape index (κ1) is 28.0. The van der Waals surface area contributed by atoms with Gasteiger partial charge in [0, 0.05) is 6.54 Å². The van der Waals surface area contributed by atoms with Crippen molar-refractivity contribution in [2.45, 2.75) is 39.4 Å². The molecular formula is C25H30ClFN2O6S. The molecule has 0 bridgehead atoms. The number of nitrogens with zero attached hydrogens (tertiary/aromatic N) is 1. The minimum Gasteiger partial charge on any atom is -0.444 e. The van der Waals surface area contributed by atoms with Gasteiger partial charge < -0.3 is 14.4 Å². The number of rotatable bonds is 7. The molecule has 1 saturated heterocycles. The molecule has 0 spiro atoms. The van der Waals surface area contributed by atoms with E-state index in [0.29, 0.717) is 5.56 Å². The molecule has 8 nitrogen and oxygen atoms in total. The van der Waals surface area contributed by atoms with Crippen molar-refractivity contribution in [1.82, 2.24) is 9.62 Å². The summed E-state index contributed by atoms with van der Waals surface area (Å²) in [6.07, 6.45) is -1.37. The largest absolute Gasteiger partial charge is 0.444 e.